The molecular formula is C19H25N3O3. The van der Waals surface area contributed by atoms with Gasteiger partial charge in [-0.15, -0.1) is 0 Å². The number of nitrogens with one attached hydrogen (secondary N) is 2. The van der Waals surface area contributed by atoms with Crippen LogP contribution in [0.4, 0.5) is 10.5 Å². The SMILES string of the molecule is Cc1ccc(NC(=O)CN2C(=O)NC3(C2=O)C(C)CCCC3C)cc1. The first-order valence-corrected chi connectivity index (χ1v) is 8.85. The van der Waals surface area contributed by atoms with Crippen LogP contribution in [0.5, 0.6) is 0 Å². The molecule has 0 aromatic heterocycles. The number of nitrogens with zero attached hydrogens (tertiary/aromatic N) is 1. The second-order valence-corrected chi connectivity index (χ2v) is 7.34. The van der Waals surface area contributed by atoms with Crippen molar-refractivity contribution in [2.75, 3.05) is 11.9 Å². The zero-order valence-electron chi connectivity index (χ0n) is 15.0. The number of hydrogen-bond donors (Lipinski definition) is 2. The molecule has 3 rings (SSSR count). The smallest absolute Gasteiger partial charge is 0.325 e. The van der Waals surface area contributed by atoms with Gasteiger partial charge in [0, 0.05) is 5.69 Å². The van der Waals surface area contributed by atoms with Gasteiger partial charge in [0.1, 0.15) is 12.1 Å². The Morgan fingerprint density at radius 3 is 2.40 bits per heavy atom. The van der Waals surface area contributed by atoms with E-state index in [-0.39, 0.29) is 30.2 Å². The molecule has 1 aliphatic heterocycles. The Balaban J connectivity index is 1.72. The standard InChI is InChI=1S/C19H25N3O3/c1-12-7-9-15(10-8-12)20-16(23)11-22-17(24)19(21-18(22)25)13(2)5-4-6-14(19)3/h7-10,13-14H,4-6,11H2,1-3H3,(H,20,23)(H,21,25). The Kier molecular flexibility index (Phi) is 4.54. The van der Waals surface area contributed by atoms with E-state index in [1.165, 1.54) is 0 Å². The van der Waals surface area contributed by atoms with Crippen molar-refractivity contribution in [1.82, 2.24) is 10.2 Å². The average molecular weight is 343 g/mol. The third-order valence-corrected chi connectivity index (χ3v) is 5.62. The van der Waals surface area contributed by atoms with E-state index in [1.807, 2.05) is 32.9 Å². The predicted molar refractivity (Wildman–Crippen MR) is 95.0 cm³/mol. The zero-order valence-corrected chi connectivity index (χ0v) is 15.0. The molecule has 134 valence electrons. The summed E-state index contributed by atoms with van der Waals surface area (Å²) in [5, 5.41) is 5.64. The van der Waals surface area contributed by atoms with Crippen LogP contribution in [0.25, 0.3) is 0 Å². The van der Waals surface area contributed by atoms with Gasteiger partial charge in [-0.2, -0.15) is 0 Å². The minimum absolute atomic E-state index is 0.0675. The third-order valence-electron chi connectivity index (χ3n) is 5.62. The summed E-state index contributed by atoms with van der Waals surface area (Å²) in [6.45, 7) is 5.71. The minimum atomic E-state index is -0.862. The van der Waals surface area contributed by atoms with Crippen molar-refractivity contribution in [3.05, 3.63) is 29.8 Å². The number of hydrogen-bond acceptors (Lipinski definition) is 3. The number of anilines is 1. The van der Waals surface area contributed by atoms with E-state index >= 15 is 0 Å². The first kappa shape index (κ1) is 17.5. The van der Waals surface area contributed by atoms with Crippen LogP contribution in [0.2, 0.25) is 0 Å². The molecule has 1 aromatic carbocycles. The highest BCUT2D eigenvalue weighted by Crippen LogP contribution is 2.42. The van der Waals surface area contributed by atoms with Crippen molar-refractivity contribution in [2.24, 2.45) is 11.8 Å². The van der Waals surface area contributed by atoms with E-state index in [4.69, 9.17) is 0 Å². The highest BCUT2D eigenvalue weighted by atomic mass is 16.2. The van der Waals surface area contributed by atoms with Crippen molar-refractivity contribution in [3.8, 4) is 0 Å². The second kappa shape index (κ2) is 6.50. The summed E-state index contributed by atoms with van der Waals surface area (Å²) < 4.78 is 0. The second-order valence-electron chi connectivity index (χ2n) is 7.34. The van der Waals surface area contributed by atoms with Gasteiger partial charge in [0.15, 0.2) is 0 Å². The lowest BCUT2D eigenvalue weighted by molar-refractivity contribution is -0.138. The summed E-state index contributed by atoms with van der Waals surface area (Å²) >= 11 is 0. The van der Waals surface area contributed by atoms with E-state index in [2.05, 4.69) is 10.6 Å². The lowest BCUT2D eigenvalue weighted by atomic mass is 9.67. The van der Waals surface area contributed by atoms with Gasteiger partial charge in [0.25, 0.3) is 5.91 Å². The van der Waals surface area contributed by atoms with Crippen LogP contribution in [-0.4, -0.2) is 34.8 Å². The molecule has 1 aromatic rings. The molecule has 1 saturated carbocycles. The lowest BCUT2D eigenvalue weighted by Crippen LogP contribution is -2.59. The molecule has 1 heterocycles. The predicted octanol–water partition coefficient (Wildman–Crippen LogP) is 2.68. The van der Waals surface area contributed by atoms with Gasteiger partial charge in [0.2, 0.25) is 5.91 Å². The van der Waals surface area contributed by atoms with Gasteiger partial charge in [-0.05, 0) is 43.7 Å². The number of amides is 4. The summed E-state index contributed by atoms with van der Waals surface area (Å²) in [4.78, 5) is 38.8. The molecule has 2 fully saturated rings. The molecule has 6 heteroatoms. The first-order chi connectivity index (χ1) is 11.8. The Bertz CT molecular complexity index is 688. The summed E-state index contributed by atoms with van der Waals surface area (Å²) in [5.41, 5.74) is 0.880. The van der Waals surface area contributed by atoms with Crippen molar-refractivity contribution in [2.45, 2.75) is 45.6 Å². The van der Waals surface area contributed by atoms with Gasteiger partial charge >= 0.3 is 6.03 Å². The van der Waals surface area contributed by atoms with Gasteiger partial charge in [-0.25, -0.2) is 4.79 Å². The number of benzene rings is 1. The summed E-state index contributed by atoms with van der Waals surface area (Å²) in [6, 6.07) is 6.91. The number of carbonyl (C=O) groups is 3. The maximum absolute atomic E-state index is 13.0. The number of carbonyl (C=O) groups excluding carboxylic acids is 3. The Morgan fingerprint density at radius 2 is 1.80 bits per heavy atom. The number of rotatable bonds is 3. The minimum Gasteiger partial charge on any atom is -0.325 e. The van der Waals surface area contributed by atoms with E-state index < -0.39 is 11.6 Å². The van der Waals surface area contributed by atoms with Crippen LogP contribution in [0.15, 0.2) is 24.3 Å². The molecule has 2 unspecified atom stereocenters. The maximum Gasteiger partial charge on any atom is 0.325 e. The lowest BCUT2D eigenvalue weighted by Gasteiger charge is -2.42. The van der Waals surface area contributed by atoms with Gasteiger partial charge < -0.3 is 10.6 Å². The maximum atomic E-state index is 13.0. The molecule has 6 nitrogen and oxygen atoms in total. The molecule has 1 saturated heterocycles. The molecular weight excluding hydrogens is 318 g/mol. The molecule has 1 spiro atoms. The zero-order chi connectivity index (χ0) is 18.2. The quantitative estimate of drug-likeness (QED) is 0.828. The highest BCUT2D eigenvalue weighted by Gasteiger charge is 2.58. The van der Waals surface area contributed by atoms with Gasteiger partial charge in [-0.3, -0.25) is 14.5 Å². The fraction of sp³-hybridized carbons (Fsp3) is 0.526. The molecule has 25 heavy (non-hydrogen) atoms. The molecule has 2 atom stereocenters. The first-order valence-electron chi connectivity index (χ1n) is 8.85. The molecule has 2 aliphatic rings. The highest BCUT2D eigenvalue weighted by molar-refractivity contribution is 6.10. The summed E-state index contributed by atoms with van der Waals surface area (Å²) in [5.74, 6) is -0.507. The van der Waals surface area contributed by atoms with Crippen molar-refractivity contribution in [3.63, 3.8) is 0 Å². The third kappa shape index (κ3) is 3.01. The normalized spacial score (nSPS) is 29.0. The number of urea groups is 1. The topological polar surface area (TPSA) is 78.5 Å². The van der Waals surface area contributed by atoms with Crippen LogP contribution in [-0.2, 0) is 9.59 Å². The van der Waals surface area contributed by atoms with Crippen molar-refractivity contribution < 1.29 is 14.4 Å². The van der Waals surface area contributed by atoms with Crippen LogP contribution >= 0.6 is 0 Å². The van der Waals surface area contributed by atoms with Crippen LogP contribution in [0.1, 0.15) is 38.7 Å². The molecule has 0 radical (unpaired) electrons. The van der Waals surface area contributed by atoms with E-state index in [1.54, 1.807) is 12.1 Å². The van der Waals surface area contributed by atoms with Gasteiger partial charge in [0.05, 0.1) is 0 Å². The van der Waals surface area contributed by atoms with Crippen LogP contribution in [0.3, 0.4) is 0 Å². The summed E-state index contributed by atoms with van der Waals surface area (Å²) in [7, 11) is 0. The average Bonchev–Trinajstić information content (AvgIpc) is 2.81. The Morgan fingerprint density at radius 1 is 1.20 bits per heavy atom. The Labute approximate surface area is 148 Å². The van der Waals surface area contributed by atoms with E-state index in [0.29, 0.717) is 5.69 Å². The number of aryl methyl sites for hydroxylation is 1. The molecule has 2 N–H and O–H groups in total. The fourth-order valence-electron chi connectivity index (χ4n) is 4.08. The van der Waals surface area contributed by atoms with E-state index in [0.717, 1.165) is 29.7 Å². The summed E-state index contributed by atoms with van der Waals surface area (Å²) in [6.07, 6.45) is 2.86. The number of imide groups is 1. The largest absolute Gasteiger partial charge is 0.325 e. The van der Waals surface area contributed by atoms with Crippen molar-refractivity contribution >= 4 is 23.5 Å². The molecule has 1 aliphatic carbocycles. The molecule has 0 bridgehead atoms. The Hall–Kier alpha value is -2.37. The van der Waals surface area contributed by atoms with Crippen LogP contribution in [0, 0.1) is 18.8 Å². The monoisotopic (exact) mass is 343 g/mol. The van der Waals surface area contributed by atoms with Crippen molar-refractivity contribution in [1.29, 1.82) is 0 Å². The van der Waals surface area contributed by atoms with Crippen LogP contribution < -0.4 is 10.6 Å². The van der Waals surface area contributed by atoms with E-state index in [9.17, 15) is 14.4 Å². The fourth-order valence-corrected chi connectivity index (χ4v) is 4.08. The van der Waals surface area contributed by atoms with Gasteiger partial charge in [-0.1, -0.05) is 38.0 Å². The molecule has 4 amide bonds.